The third-order valence-corrected chi connectivity index (χ3v) is 5.82. The first-order chi connectivity index (χ1) is 10.3. The van der Waals surface area contributed by atoms with Crippen LogP contribution in [0.15, 0.2) is 0 Å². The fourth-order valence-electron chi connectivity index (χ4n) is 4.24. The maximum atomic E-state index is 11.0. The molecule has 0 aromatic carbocycles. The van der Waals surface area contributed by atoms with Crippen LogP contribution in [-0.2, 0) is 9.47 Å². The van der Waals surface area contributed by atoms with Gasteiger partial charge in [-0.15, -0.1) is 0 Å². The summed E-state index contributed by atoms with van der Waals surface area (Å²) < 4.78 is 12.2. The lowest BCUT2D eigenvalue weighted by molar-refractivity contribution is -0.258. The Labute approximate surface area is 143 Å². The zero-order valence-electron chi connectivity index (χ0n) is 16.5. The number of hydrogen-bond donors (Lipinski definition) is 1. The second-order valence-corrected chi connectivity index (χ2v) is 10.8. The largest absolute Gasteiger partial charge is 0.393 e. The van der Waals surface area contributed by atoms with E-state index < -0.39 is 0 Å². The SMILES string of the molecule is CC1(C)COC(C2CC(C(C)(C)C)C(O)C(C(C)(C)C)C2)OC1. The Hall–Kier alpha value is -0.120. The van der Waals surface area contributed by atoms with Gasteiger partial charge in [0.25, 0.3) is 0 Å². The minimum absolute atomic E-state index is 0.0928. The summed E-state index contributed by atoms with van der Waals surface area (Å²) in [5.74, 6) is 0.947. The molecule has 3 heteroatoms. The van der Waals surface area contributed by atoms with Gasteiger partial charge in [-0.25, -0.2) is 0 Å². The van der Waals surface area contributed by atoms with E-state index >= 15 is 0 Å². The summed E-state index contributed by atoms with van der Waals surface area (Å²) in [4.78, 5) is 0. The summed E-state index contributed by atoms with van der Waals surface area (Å²) in [6, 6.07) is 0. The van der Waals surface area contributed by atoms with Crippen molar-refractivity contribution in [3.05, 3.63) is 0 Å². The van der Waals surface area contributed by atoms with Crippen molar-refractivity contribution in [2.75, 3.05) is 13.2 Å². The van der Waals surface area contributed by atoms with E-state index in [2.05, 4.69) is 55.4 Å². The molecule has 0 aromatic rings. The Morgan fingerprint density at radius 2 is 1.22 bits per heavy atom. The van der Waals surface area contributed by atoms with Gasteiger partial charge in [0.1, 0.15) is 0 Å². The quantitative estimate of drug-likeness (QED) is 0.772. The van der Waals surface area contributed by atoms with Crippen LogP contribution in [0, 0.1) is 34.0 Å². The van der Waals surface area contributed by atoms with Crippen LogP contribution in [0.2, 0.25) is 0 Å². The highest BCUT2D eigenvalue weighted by atomic mass is 16.7. The number of aliphatic hydroxyl groups is 1. The van der Waals surface area contributed by atoms with E-state index in [1.54, 1.807) is 0 Å². The molecule has 2 aliphatic rings. The van der Waals surface area contributed by atoms with Gasteiger partial charge in [-0.3, -0.25) is 0 Å². The van der Waals surface area contributed by atoms with E-state index in [9.17, 15) is 5.11 Å². The molecule has 2 unspecified atom stereocenters. The van der Waals surface area contributed by atoms with Gasteiger partial charge in [0, 0.05) is 11.3 Å². The summed E-state index contributed by atoms with van der Waals surface area (Å²) in [5, 5.41) is 11.0. The van der Waals surface area contributed by atoms with Gasteiger partial charge in [-0.05, 0) is 35.5 Å². The van der Waals surface area contributed by atoms with E-state index in [1.165, 1.54) is 0 Å². The first-order valence-corrected chi connectivity index (χ1v) is 9.22. The highest BCUT2D eigenvalue weighted by molar-refractivity contribution is 4.96. The fraction of sp³-hybridized carbons (Fsp3) is 1.00. The zero-order valence-corrected chi connectivity index (χ0v) is 16.5. The minimum Gasteiger partial charge on any atom is -0.393 e. The predicted molar refractivity (Wildman–Crippen MR) is 94.1 cm³/mol. The Morgan fingerprint density at radius 3 is 1.57 bits per heavy atom. The van der Waals surface area contributed by atoms with Gasteiger partial charge in [0.05, 0.1) is 19.3 Å². The van der Waals surface area contributed by atoms with E-state index in [0.717, 1.165) is 26.1 Å². The molecule has 2 fully saturated rings. The van der Waals surface area contributed by atoms with Crippen molar-refractivity contribution < 1.29 is 14.6 Å². The predicted octanol–water partition coefficient (Wildman–Crippen LogP) is 4.48. The van der Waals surface area contributed by atoms with E-state index in [4.69, 9.17) is 9.47 Å². The first-order valence-electron chi connectivity index (χ1n) is 9.22. The molecule has 2 rings (SSSR count). The van der Waals surface area contributed by atoms with Gasteiger partial charge >= 0.3 is 0 Å². The molecule has 3 nitrogen and oxygen atoms in total. The van der Waals surface area contributed by atoms with Crippen molar-refractivity contribution in [3.63, 3.8) is 0 Å². The molecule has 0 radical (unpaired) electrons. The van der Waals surface area contributed by atoms with Gasteiger partial charge in [0.15, 0.2) is 6.29 Å². The number of hydrogen-bond acceptors (Lipinski definition) is 3. The van der Waals surface area contributed by atoms with Crippen molar-refractivity contribution in [1.82, 2.24) is 0 Å². The highest BCUT2D eigenvalue weighted by Gasteiger charge is 2.48. The van der Waals surface area contributed by atoms with Gasteiger partial charge < -0.3 is 14.6 Å². The summed E-state index contributed by atoms with van der Waals surface area (Å²) in [5.41, 5.74) is 0.294. The molecule has 1 N–H and O–H groups in total. The van der Waals surface area contributed by atoms with Gasteiger partial charge in [0.2, 0.25) is 0 Å². The summed E-state index contributed by atoms with van der Waals surface area (Å²) in [6.07, 6.45) is 1.63. The standard InChI is InChI=1S/C20H38O3/c1-18(2,3)14-9-13(10-15(16(14)21)19(4,5)6)17-22-11-20(7,8)12-23-17/h13-17,21H,9-12H2,1-8H3. The Kier molecular flexibility index (Phi) is 5.27. The van der Waals surface area contributed by atoms with Gasteiger partial charge in [-0.1, -0.05) is 55.4 Å². The maximum absolute atomic E-state index is 11.0. The van der Waals surface area contributed by atoms with Crippen molar-refractivity contribution in [3.8, 4) is 0 Å². The molecule has 1 saturated heterocycles. The molecule has 0 spiro atoms. The Morgan fingerprint density at radius 1 is 0.826 bits per heavy atom. The van der Waals surface area contributed by atoms with E-state index in [1.807, 2.05) is 0 Å². The van der Waals surface area contributed by atoms with Crippen LogP contribution >= 0.6 is 0 Å². The minimum atomic E-state index is -0.244. The van der Waals surface area contributed by atoms with E-state index in [0.29, 0.717) is 5.92 Å². The van der Waals surface area contributed by atoms with Crippen molar-refractivity contribution in [2.45, 2.75) is 80.6 Å². The fourth-order valence-corrected chi connectivity index (χ4v) is 4.24. The molecule has 1 saturated carbocycles. The second kappa shape index (κ2) is 6.31. The van der Waals surface area contributed by atoms with Crippen molar-refractivity contribution in [2.24, 2.45) is 34.0 Å². The number of rotatable bonds is 1. The topological polar surface area (TPSA) is 38.7 Å². The molecular formula is C20H38O3. The average molecular weight is 327 g/mol. The molecule has 0 aromatic heterocycles. The van der Waals surface area contributed by atoms with Crippen LogP contribution in [0.3, 0.4) is 0 Å². The zero-order chi connectivity index (χ0) is 17.6. The molecule has 136 valence electrons. The molecule has 1 heterocycles. The molecule has 0 amide bonds. The monoisotopic (exact) mass is 326 g/mol. The normalized spacial score (nSPS) is 36.9. The van der Waals surface area contributed by atoms with Crippen molar-refractivity contribution in [1.29, 1.82) is 0 Å². The molecule has 2 atom stereocenters. The van der Waals surface area contributed by atoms with Crippen molar-refractivity contribution >= 4 is 0 Å². The first kappa shape index (κ1) is 19.2. The van der Waals surface area contributed by atoms with E-state index in [-0.39, 0.29) is 40.5 Å². The van der Waals surface area contributed by atoms with Gasteiger partial charge in [-0.2, -0.15) is 0 Å². The number of ether oxygens (including phenoxy) is 2. The third kappa shape index (κ3) is 4.49. The van der Waals surface area contributed by atoms with Crippen LogP contribution in [0.25, 0.3) is 0 Å². The van der Waals surface area contributed by atoms with Crippen LogP contribution in [-0.4, -0.2) is 30.7 Å². The maximum Gasteiger partial charge on any atom is 0.160 e. The van der Waals surface area contributed by atoms with Crippen LogP contribution in [0.5, 0.6) is 0 Å². The lowest BCUT2D eigenvalue weighted by Crippen LogP contribution is -2.51. The average Bonchev–Trinajstić information content (AvgIpc) is 2.36. The number of aliphatic hydroxyl groups excluding tert-OH is 1. The molecular weight excluding hydrogens is 288 g/mol. The summed E-state index contributed by atoms with van der Waals surface area (Å²) in [6.45, 7) is 19.4. The van der Waals surface area contributed by atoms with Crippen LogP contribution in [0.1, 0.15) is 68.2 Å². The third-order valence-electron chi connectivity index (χ3n) is 5.82. The molecule has 1 aliphatic heterocycles. The lowest BCUT2D eigenvalue weighted by atomic mass is 9.58. The lowest BCUT2D eigenvalue weighted by Gasteiger charge is -2.51. The molecule has 23 heavy (non-hydrogen) atoms. The van der Waals surface area contributed by atoms with Crippen LogP contribution < -0.4 is 0 Å². The highest BCUT2D eigenvalue weighted by Crippen LogP contribution is 2.50. The summed E-state index contributed by atoms with van der Waals surface area (Å²) in [7, 11) is 0. The Balaban J connectivity index is 2.17. The van der Waals surface area contributed by atoms with Crippen LogP contribution in [0.4, 0.5) is 0 Å². The second-order valence-electron chi connectivity index (χ2n) is 10.8. The molecule has 1 aliphatic carbocycles. The molecule has 0 bridgehead atoms. The summed E-state index contributed by atoms with van der Waals surface area (Å²) >= 11 is 0. The smallest absolute Gasteiger partial charge is 0.160 e. The Bertz CT molecular complexity index is 368.